The number of carbonyl (C=O) groups is 1. The van der Waals surface area contributed by atoms with E-state index >= 15 is 0 Å². The van der Waals surface area contributed by atoms with E-state index in [9.17, 15) is 9.18 Å². The normalized spacial score (nSPS) is 31.3. The minimum absolute atomic E-state index is 0.130. The zero-order valence-corrected chi connectivity index (χ0v) is 17.6. The lowest BCUT2D eigenvalue weighted by atomic mass is 9.81. The first-order chi connectivity index (χ1) is 14.0. The molecule has 0 spiro atoms. The molecule has 4 nitrogen and oxygen atoms in total. The number of hydrogen-bond acceptors (Lipinski definition) is 3. The molecule has 1 amide bonds. The van der Waals surface area contributed by atoms with Crippen molar-refractivity contribution in [2.24, 2.45) is 0 Å². The van der Waals surface area contributed by atoms with Gasteiger partial charge in [-0.15, -0.1) is 0 Å². The fourth-order valence-electron chi connectivity index (χ4n) is 4.76. The SMILES string of the molecule is O=C(c1ccc(C2NC2(F)P)cc1)N(C1CCC(c2cccnc2)CC1)C1CC1. The number of rotatable bonds is 5. The van der Waals surface area contributed by atoms with Crippen LogP contribution in [-0.2, 0) is 0 Å². The molecule has 29 heavy (non-hydrogen) atoms. The summed E-state index contributed by atoms with van der Waals surface area (Å²) < 4.78 is 13.8. The number of pyridine rings is 1. The summed E-state index contributed by atoms with van der Waals surface area (Å²) in [6.45, 7) is 0. The molecule has 1 aromatic carbocycles. The number of amides is 1. The molecule has 3 unspecified atom stereocenters. The quantitative estimate of drug-likeness (QED) is 0.446. The Morgan fingerprint density at radius 2 is 1.66 bits per heavy atom. The molecule has 5 rings (SSSR count). The summed E-state index contributed by atoms with van der Waals surface area (Å²) in [6.07, 6.45) is 10.3. The monoisotopic (exact) mass is 411 g/mol. The molecular formula is C23H27FN3OP. The molecule has 2 saturated carbocycles. The summed E-state index contributed by atoms with van der Waals surface area (Å²) in [6, 6.07) is 12.0. The van der Waals surface area contributed by atoms with E-state index in [1.807, 2.05) is 42.7 Å². The van der Waals surface area contributed by atoms with Crippen LogP contribution in [0, 0.1) is 0 Å². The second kappa shape index (κ2) is 7.45. The van der Waals surface area contributed by atoms with Crippen LogP contribution < -0.4 is 5.32 Å². The Bertz CT molecular complexity index is 877. The minimum atomic E-state index is -1.40. The van der Waals surface area contributed by atoms with Gasteiger partial charge in [0.1, 0.15) is 0 Å². The zero-order chi connectivity index (χ0) is 20.0. The summed E-state index contributed by atoms with van der Waals surface area (Å²) >= 11 is 0. The summed E-state index contributed by atoms with van der Waals surface area (Å²) in [5.74, 6) is 0.680. The molecule has 1 aromatic heterocycles. The van der Waals surface area contributed by atoms with Gasteiger partial charge in [0.15, 0.2) is 5.53 Å². The van der Waals surface area contributed by atoms with Gasteiger partial charge in [-0.05, 0) is 73.8 Å². The lowest BCUT2D eigenvalue weighted by Crippen LogP contribution is -2.43. The van der Waals surface area contributed by atoms with Gasteiger partial charge in [0, 0.05) is 30.0 Å². The molecule has 1 aliphatic heterocycles. The van der Waals surface area contributed by atoms with Gasteiger partial charge in [0.05, 0.1) is 6.04 Å². The van der Waals surface area contributed by atoms with Gasteiger partial charge in [0.25, 0.3) is 5.91 Å². The fraction of sp³-hybridized carbons (Fsp3) is 0.478. The first-order valence-electron chi connectivity index (χ1n) is 10.6. The molecule has 2 aliphatic carbocycles. The number of halogens is 1. The van der Waals surface area contributed by atoms with Gasteiger partial charge < -0.3 is 4.90 Å². The number of carbonyl (C=O) groups excluding carboxylic acids is 1. The van der Waals surface area contributed by atoms with Crippen LogP contribution >= 0.6 is 9.24 Å². The van der Waals surface area contributed by atoms with Gasteiger partial charge in [0.2, 0.25) is 0 Å². The van der Waals surface area contributed by atoms with Crippen LogP contribution in [0.2, 0.25) is 0 Å². The van der Waals surface area contributed by atoms with Gasteiger partial charge in [-0.3, -0.25) is 15.1 Å². The lowest BCUT2D eigenvalue weighted by molar-refractivity contribution is 0.0605. The van der Waals surface area contributed by atoms with Crippen molar-refractivity contribution < 1.29 is 9.18 Å². The van der Waals surface area contributed by atoms with E-state index in [0.29, 0.717) is 23.6 Å². The van der Waals surface area contributed by atoms with E-state index in [2.05, 4.69) is 30.5 Å². The van der Waals surface area contributed by atoms with Crippen molar-refractivity contribution >= 4 is 15.1 Å². The average Bonchev–Trinajstić information content (AvgIpc) is 3.67. The van der Waals surface area contributed by atoms with Gasteiger partial charge in [-0.2, -0.15) is 0 Å². The summed E-state index contributed by atoms with van der Waals surface area (Å²) in [5, 5.41) is 2.79. The van der Waals surface area contributed by atoms with Crippen LogP contribution in [0.5, 0.6) is 0 Å². The van der Waals surface area contributed by atoms with E-state index in [0.717, 1.165) is 44.1 Å². The third-order valence-corrected chi connectivity index (χ3v) is 7.11. The highest BCUT2D eigenvalue weighted by Gasteiger charge is 2.51. The standard InChI is InChI=1S/C23H27FN3OP/c24-23(29)21(26-23)16-3-5-17(6-4-16)22(28)27(20-11-12-20)19-9-7-15(8-10-19)18-2-1-13-25-14-18/h1-6,13-15,19-21,26H,7-12,29H2. The van der Waals surface area contributed by atoms with Crippen molar-refractivity contribution in [3.05, 3.63) is 65.5 Å². The third-order valence-electron chi connectivity index (χ3n) is 6.61. The minimum Gasteiger partial charge on any atom is -0.333 e. The molecule has 2 aromatic rings. The second-order valence-electron chi connectivity index (χ2n) is 8.70. The van der Waals surface area contributed by atoms with Gasteiger partial charge in [-0.1, -0.05) is 27.4 Å². The smallest absolute Gasteiger partial charge is 0.254 e. The van der Waals surface area contributed by atoms with E-state index in [1.54, 1.807) is 0 Å². The van der Waals surface area contributed by atoms with E-state index < -0.39 is 5.53 Å². The largest absolute Gasteiger partial charge is 0.333 e. The molecule has 2 heterocycles. The van der Waals surface area contributed by atoms with Crippen molar-refractivity contribution in [1.29, 1.82) is 0 Å². The molecule has 0 bridgehead atoms. The van der Waals surface area contributed by atoms with Crippen LogP contribution in [-0.4, -0.2) is 33.4 Å². The zero-order valence-electron chi connectivity index (χ0n) is 16.4. The maximum atomic E-state index is 13.8. The lowest BCUT2D eigenvalue weighted by Gasteiger charge is -2.37. The van der Waals surface area contributed by atoms with Crippen LogP contribution in [0.3, 0.4) is 0 Å². The molecule has 152 valence electrons. The molecule has 1 saturated heterocycles. The first-order valence-corrected chi connectivity index (χ1v) is 11.2. The number of aromatic nitrogens is 1. The highest BCUT2D eigenvalue weighted by molar-refractivity contribution is 7.19. The van der Waals surface area contributed by atoms with E-state index in [1.165, 1.54) is 5.56 Å². The number of alkyl halides is 1. The van der Waals surface area contributed by atoms with Crippen LogP contribution in [0.25, 0.3) is 0 Å². The summed E-state index contributed by atoms with van der Waals surface area (Å²) in [5.41, 5.74) is 1.51. The Labute approximate surface area is 173 Å². The highest BCUT2D eigenvalue weighted by Crippen LogP contribution is 2.47. The Morgan fingerprint density at radius 1 is 1.03 bits per heavy atom. The van der Waals surface area contributed by atoms with Crippen molar-refractivity contribution in [2.75, 3.05) is 0 Å². The number of hydrogen-bond donors (Lipinski definition) is 1. The van der Waals surface area contributed by atoms with Crippen molar-refractivity contribution in [1.82, 2.24) is 15.2 Å². The number of nitrogens with one attached hydrogen (secondary N) is 1. The van der Waals surface area contributed by atoms with E-state index in [4.69, 9.17) is 0 Å². The first kappa shape index (κ1) is 19.1. The van der Waals surface area contributed by atoms with E-state index in [-0.39, 0.29) is 11.9 Å². The maximum absolute atomic E-state index is 13.8. The molecule has 0 radical (unpaired) electrons. The number of benzene rings is 1. The Balaban J connectivity index is 1.26. The fourth-order valence-corrected chi connectivity index (χ4v) is 5.12. The van der Waals surface area contributed by atoms with Gasteiger partial charge >= 0.3 is 0 Å². The van der Waals surface area contributed by atoms with Crippen LogP contribution in [0.4, 0.5) is 4.39 Å². The topological polar surface area (TPSA) is 55.1 Å². The molecule has 6 heteroatoms. The van der Waals surface area contributed by atoms with Crippen molar-refractivity contribution in [3.8, 4) is 0 Å². The van der Waals surface area contributed by atoms with Crippen molar-refractivity contribution in [3.63, 3.8) is 0 Å². The average molecular weight is 411 g/mol. The Kier molecular flexibility index (Phi) is 4.92. The summed E-state index contributed by atoms with van der Waals surface area (Å²) in [4.78, 5) is 19.7. The van der Waals surface area contributed by atoms with Gasteiger partial charge in [-0.25, -0.2) is 4.39 Å². The second-order valence-corrected chi connectivity index (χ2v) is 9.54. The third kappa shape index (κ3) is 3.95. The van der Waals surface area contributed by atoms with Crippen LogP contribution in [0.15, 0.2) is 48.8 Å². The van der Waals surface area contributed by atoms with Crippen molar-refractivity contribution in [2.45, 2.75) is 68.1 Å². The van der Waals surface area contributed by atoms with Crippen LogP contribution in [0.1, 0.15) is 72.0 Å². The predicted octanol–water partition coefficient (Wildman–Crippen LogP) is 4.56. The Morgan fingerprint density at radius 3 is 2.17 bits per heavy atom. The molecule has 3 fully saturated rings. The molecular weight excluding hydrogens is 384 g/mol. The molecule has 3 aliphatic rings. The number of nitrogens with zero attached hydrogens (tertiary/aromatic N) is 2. The predicted molar refractivity (Wildman–Crippen MR) is 114 cm³/mol. The Hall–Kier alpha value is -1.84. The molecule has 1 N–H and O–H groups in total. The maximum Gasteiger partial charge on any atom is 0.254 e. The molecule has 3 atom stereocenters. The highest BCUT2D eigenvalue weighted by atomic mass is 31.0. The summed E-state index contributed by atoms with van der Waals surface area (Å²) in [7, 11) is 2.20.